The van der Waals surface area contributed by atoms with Gasteiger partial charge in [0.25, 0.3) is 12.3 Å². The minimum absolute atomic E-state index is 0.00540. The SMILES string of the molecule is Cc1ccccc1C1(c2noc(-c3cc(C(F)F)n(-c4ccc(F)c(C(=O)O)c4)n3)n2)CC1. The Kier molecular flexibility index (Phi) is 4.80. The third-order valence-corrected chi connectivity index (χ3v) is 5.87. The highest BCUT2D eigenvalue weighted by atomic mass is 19.3. The van der Waals surface area contributed by atoms with E-state index in [4.69, 9.17) is 9.63 Å². The molecule has 33 heavy (non-hydrogen) atoms. The Morgan fingerprint density at radius 3 is 2.61 bits per heavy atom. The van der Waals surface area contributed by atoms with Gasteiger partial charge in [0.05, 0.1) is 16.7 Å². The summed E-state index contributed by atoms with van der Waals surface area (Å²) < 4.78 is 47.4. The van der Waals surface area contributed by atoms with Crippen molar-refractivity contribution in [3.63, 3.8) is 0 Å². The number of aryl methyl sites for hydroxylation is 1. The number of nitrogens with zero attached hydrogens (tertiary/aromatic N) is 4. The van der Waals surface area contributed by atoms with Crippen LogP contribution < -0.4 is 0 Å². The van der Waals surface area contributed by atoms with Gasteiger partial charge in [-0.2, -0.15) is 10.1 Å². The molecule has 1 aliphatic rings. The molecule has 0 aliphatic heterocycles. The molecule has 1 fully saturated rings. The van der Waals surface area contributed by atoms with E-state index in [2.05, 4.69) is 15.2 Å². The van der Waals surface area contributed by atoms with Crippen LogP contribution in [0.2, 0.25) is 0 Å². The lowest BCUT2D eigenvalue weighted by molar-refractivity contribution is 0.0692. The first-order chi connectivity index (χ1) is 15.8. The van der Waals surface area contributed by atoms with Gasteiger partial charge in [0, 0.05) is 0 Å². The fraction of sp³-hybridized carbons (Fsp3) is 0.217. The first-order valence-corrected chi connectivity index (χ1v) is 10.1. The molecule has 4 aromatic rings. The number of aromatic nitrogens is 4. The molecule has 168 valence electrons. The summed E-state index contributed by atoms with van der Waals surface area (Å²) in [5, 5.41) is 17.4. The molecule has 0 atom stereocenters. The van der Waals surface area contributed by atoms with Crippen molar-refractivity contribution in [3.05, 3.63) is 82.6 Å². The molecular formula is C23H17F3N4O3. The van der Waals surface area contributed by atoms with E-state index in [0.29, 0.717) is 5.82 Å². The van der Waals surface area contributed by atoms with Crippen molar-refractivity contribution in [2.75, 3.05) is 0 Å². The molecule has 1 aliphatic carbocycles. The van der Waals surface area contributed by atoms with Crippen LogP contribution in [0.1, 0.15) is 52.3 Å². The van der Waals surface area contributed by atoms with Crippen LogP contribution in [0.25, 0.3) is 17.3 Å². The maximum absolute atomic E-state index is 13.8. The van der Waals surface area contributed by atoms with E-state index in [0.717, 1.165) is 46.8 Å². The number of carbonyl (C=O) groups is 1. The van der Waals surface area contributed by atoms with Crippen molar-refractivity contribution >= 4 is 5.97 Å². The third kappa shape index (κ3) is 3.47. The van der Waals surface area contributed by atoms with Crippen molar-refractivity contribution in [2.24, 2.45) is 0 Å². The Morgan fingerprint density at radius 2 is 1.94 bits per heavy atom. The molecule has 5 rings (SSSR count). The summed E-state index contributed by atoms with van der Waals surface area (Å²) in [4.78, 5) is 15.7. The summed E-state index contributed by atoms with van der Waals surface area (Å²) in [6, 6.07) is 12.0. The molecule has 0 amide bonds. The quantitative estimate of drug-likeness (QED) is 0.436. The number of aromatic carboxylic acids is 1. The second kappa shape index (κ2) is 7.58. The van der Waals surface area contributed by atoms with Gasteiger partial charge in [-0.25, -0.2) is 22.6 Å². The summed E-state index contributed by atoms with van der Waals surface area (Å²) in [6.07, 6.45) is -1.27. The van der Waals surface area contributed by atoms with Crippen LogP contribution in [0, 0.1) is 12.7 Å². The molecular weight excluding hydrogens is 437 g/mol. The van der Waals surface area contributed by atoms with E-state index in [9.17, 15) is 18.0 Å². The van der Waals surface area contributed by atoms with Crippen molar-refractivity contribution in [2.45, 2.75) is 31.6 Å². The number of halogens is 3. The van der Waals surface area contributed by atoms with E-state index < -0.39 is 29.5 Å². The minimum Gasteiger partial charge on any atom is -0.478 e. The number of rotatable bonds is 6. The van der Waals surface area contributed by atoms with E-state index in [1.54, 1.807) is 0 Å². The molecule has 0 spiro atoms. The summed E-state index contributed by atoms with van der Waals surface area (Å²) in [5.41, 5.74) is 0.597. The first-order valence-electron chi connectivity index (χ1n) is 10.1. The maximum atomic E-state index is 13.8. The molecule has 0 radical (unpaired) electrons. The van der Waals surface area contributed by atoms with Gasteiger partial charge in [-0.05, 0) is 55.2 Å². The minimum atomic E-state index is -2.94. The van der Waals surface area contributed by atoms with Crippen LogP contribution in [-0.4, -0.2) is 31.0 Å². The van der Waals surface area contributed by atoms with Crippen molar-refractivity contribution in [3.8, 4) is 17.3 Å². The Labute approximate surface area is 185 Å². The average Bonchev–Trinajstić information content (AvgIpc) is 3.21. The number of benzene rings is 2. The summed E-state index contributed by atoms with van der Waals surface area (Å²) >= 11 is 0. The van der Waals surface area contributed by atoms with Gasteiger partial charge in [0.15, 0.2) is 11.5 Å². The molecule has 0 saturated heterocycles. The number of hydrogen-bond donors (Lipinski definition) is 1. The summed E-state index contributed by atoms with van der Waals surface area (Å²) in [5.74, 6) is -2.08. The topological polar surface area (TPSA) is 94.0 Å². The molecule has 0 unspecified atom stereocenters. The predicted octanol–water partition coefficient (Wildman–Crippen LogP) is 5.09. The van der Waals surface area contributed by atoms with Crippen LogP contribution in [0.4, 0.5) is 13.2 Å². The van der Waals surface area contributed by atoms with Gasteiger partial charge in [-0.1, -0.05) is 29.4 Å². The smallest absolute Gasteiger partial charge is 0.338 e. The summed E-state index contributed by atoms with van der Waals surface area (Å²) in [7, 11) is 0. The normalized spacial score (nSPS) is 14.6. The van der Waals surface area contributed by atoms with Gasteiger partial charge in [-0.15, -0.1) is 0 Å². The largest absolute Gasteiger partial charge is 0.478 e. The number of alkyl halides is 2. The van der Waals surface area contributed by atoms with E-state index in [1.807, 2.05) is 31.2 Å². The van der Waals surface area contributed by atoms with Crippen LogP contribution in [-0.2, 0) is 5.41 Å². The molecule has 2 heterocycles. The lowest BCUT2D eigenvalue weighted by Crippen LogP contribution is -2.12. The van der Waals surface area contributed by atoms with Crippen molar-refractivity contribution < 1.29 is 27.6 Å². The Bertz CT molecular complexity index is 1380. The average molecular weight is 454 g/mol. The number of carboxylic acids is 1. The Hall–Kier alpha value is -3.95. The van der Waals surface area contributed by atoms with Gasteiger partial charge >= 0.3 is 5.97 Å². The highest BCUT2D eigenvalue weighted by Crippen LogP contribution is 2.53. The van der Waals surface area contributed by atoms with E-state index in [1.165, 1.54) is 6.07 Å². The molecule has 7 nitrogen and oxygen atoms in total. The zero-order valence-corrected chi connectivity index (χ0v) is 17.3. The molecule has 1 saturated carbocycles. The fourth-order valence-corrected chi connectivity index (χ4v) is 4.04. The van der Waals surface area contributed by atoms with Gasteiger partial charge in [-0.3, -0.25) is 0 Å². The van der Waals surface area contributed by atoms with Crippen LogP contribution >= 0.6 is 0 Å². The van der Waals surface area contributed by atoms with Crippen molar-refractivity contribution in [1.82, 2.24) is 19.9 Å². The van der Waals surface area contributed by atoms with Crippen LogP contribution in [0.15, 0.2) is 53.1 Å². The zero-order chi connectivity index (χ0) is 23.3. The van der Waals surface area contributed by atoms with Crippen LogP contribution in [0.5, 0.6) is 0 Å². The predicted molar refractivity (Wildman–Crippen MR) is 110 cm³/mol. The molecule has 2 aromatic heterocycles. The second-order valence-corrected chi connectivity index (χ2v) is 7.96. The lowest BCUT2D eigenvalue weighted by atomic mass is 9.91. The third-order valence-electron chi connectivity index (χ3n) is 5.87. The fourth-order valence-electron chi connectivity index (χ4n) is 4.04. The highest BCUT2D eigenvalue weighted by molar-refractivity contribution is 5.88. The van der Waals surface area contributed by atoms with Gasteiger partial charge in [0.2, 0.25) is 0 Å². The lowest BCUT2D eigenvalue weighted by Gasteiger charge is -2.13. The summed E-state index contributed by atoms with van der Waals surface area (Å²) in [6.45, 7) is 2.00. The van der Waals surface area contributed by atoms with E-state index >= 15 is 0 Å². The van der Waals surface area contributed by atoms with Gasteiger partial charge in [0.1, 0.15) is 11.5 Å². The molecule has 1 N–H and O–H groups in total. The molecule has 2 aromatic carbocycles. The Morgan fingerprint density at radius 1 is 1.18 bits per heavy atom. The second-order valence-electron chi connectivity index (χ2n) is 7.96. The molecule has 0 bridgehead atoms. The van der Waals surface area contributed by atoms with Gasteiger partial charge < -0.3 is 9.63 Å². The van der Waals surface area contributed by atoms with Crippen LogP contribution in [0.3, 0.4) is 0 Å². The number of carboxylic acid groups (broad SMARTS) is 1. The monoisotopic (exact) mass is 454 g/mol. The highest BCUT2D eigenvalue weighted by Gasteiger charge is 2.50. The van der Waals surface area contributed by atoms with E-state index in [-0.39, 0.29) is 22.7 Å². The van der Waals surface area contributed by atoms with Crippen molar-refractivity contribution in [1.29, 1.82) is 0 Å². The standard InChI is InChI=1S/C23H17F3N4O3/c1-12-4-2-3-5-15(12)23(8-9-23)22-27-20(33-29-22)17-11-18(19(25)26)30(28-17)13-6-7-16(24)14(10-13)21(31)32/h2-7,10-11,19H,8-9H2,1H3,(H,31,32). The first kappa shape index (κ1) is 20.9. The maximum Gasteiger partial charge on any atom is 0.338 e. The Balaban J connectivity index is 1.55. The molecule has 10 heteroatoms. The zero-order valence-electron chi connectivity index (χ0n) is 17.3. The number of hydrogen-bond acceptors (Lipinski definition) is 5.